The number of rotatable bonds is 8. The first-order chi connectivity index (χ1) is 14.8. The number of hydrogen-bond acceptors (Lipinski definition) is 5. The predicted octanol–water partition coefficient (Wildman–Crippen LogP) is 5.51. The Hall–Kier alpha value is -2.05. The molecule has 1 saturated heterocycles. The van der Waals surface area contributed by atoms with Gasteiger partial charge in [-0.05, 0) is 65.4 Å². The molecule has 3 rings (SSSR count). The van der Waals surface area contributed by atoms with E-state index in [1.165, 1.54) is 17.0 Å². The van der Waals surface area contributed by atoms with Crippen LogP contribution in [0.2, 0.25) is 0 Å². The molecule has 10 heteroatoms. The fourth-order valence-electron chi connectivity index (χ4n) is 2.79. The van der Waals surface area contributed by atoms with E-state index in [0.29, 0.717) is 26.9 Å². The number of thioether (sulfide) groups is 1. The van der Waals surface area contributed by atoms with Gasteiger partial charge in [0.2, 0.25) is 5.91 Å². The summed E-state index contributed by atoms with van der Waals surface area (Å²) in [5.74, 6) is -0.491. The molecule has 1 aliphatic rings. The zero-order valence-electron chi connectivity index (χ0n) is 16.0. The molecule has 1 aliphatic heterocycles. The van der Waals surface area contributed by atoms with Gasteiger partial charge in [0.1, 0.15) is 10.1 Å². The molecule has 0 bridgehead atoms. The third-order valence-corrected chi connectivity index (χ3v) is 6.31. The lowest BCUT2D eigenvalue weighted by Gasteiger charge is -2.14. The molecule has 0 spiro atoms. The Morgan fingerprint density at radius 1 is 1.23 bits per heavy atom. The molecule has 0 atom stereocenters. The maximum atomic E-state index is 12.7. The van der Waals surface area contributed by atoms with Crippen LogP contribution < -0.4 is 10.1 Å². The van der Waals surface area contributed by atoms with Crippen molar-refractivity contribution in [1.29, 1.82) is 0 Å². The van der Waals surface area contributed by atoms with Crippen molar-refractivity contribution in [2.75, 3.05) is 11.9 Å². The van der Waals surface area contributed by atoms with E-state index in [2.05, 4.69) is 32.6 Å². The first kappa shape index (κ1) is 23.6. The number of amides is 2. The van der Waals surface area contributed by atoms with Gasteiger partial charge >= 0.3 is 6.61 Å². The summed E-state index contributed by atoms with van der Waals surface area (Å²) in [7, 11) is 0. The van der Waals surface area contributed by atoms with Gasteiger partial charge in [-0.25, -0.2) is 0 Å². The summed E-state index contributed by atoms with van der Waals surface area (Å²) in [5, 5.41) is 2.81. The second-order valence-corrected chi connectivity index (χ2v) is 9.33. The summed E-state index contributed by atoms with van der Waals surface area (Å²) < 4.78 is 31.1. The molecule has 162 valence electrons. The second kappa shape index (κ2) is 11.0. The van der Waals surface area contributed by atoms with Gasteiger partial charge < -0.3 is 10.1 Å². The summed E-state index contributed by atoms with van der Waals surface area (Å²) in [6, 6.07) is 13.7. The predicted molar refractivity (Wildman–Crippen MR) is 130 cm³/mol. The third-order valence-electron chi connectivity index (χ3n) is 4.21. The Labute approximate surface area is 201 Å². The molecule has 0 aromatic heterocycles. The molecule has 1 heterocycles. The number of thiocarbonyl (C=S) groups is 1. The van der Waals surface area contributed by atoms with E-state index in [1.54, 1.807) is 18.2 Å². The number of benzene rings is 2. The van der Waals surface area contributed by atoms with Crippen LogP contribution >= 0.6 is 46.6 Å². The fraction of sp³-hybridized carbons (Fsp3) is 0.190. The van der Waals surface area contributed by atoms with Gasteiger partial charge in [0.05, 0.1) is 4.91 Å². The van der Waals surface area contributed by atoms with Gasteiger partial charge in [-0.15, -0.1) is 0 Å². The van der Waals surface area contributed by atoms with Crippen LogP contribution in [0.1, 0.15) is 18.4 Å². The number of para-hydroxylation sites is 1. The molecule has 2 amide bonds. The monoisotopic (exact) mass is 574 g/mol. The molecule has 5 nitrogen and oxygen atoms in total. The Bertz CT molecular complexity index is 1020. The number of nitrogens with zero attached hydrogens (tertiary/aromatic N) is 1. The summed E-state index contributed by atoms with van der Waals surface area (Å²) in [6.45, 7) is -2.67. The molecule has 0 saturated carbocycles. The zero-order valence-corrected chi connectivity index (χ0v) is 19.8. The molecule has 1 N–H and O–H groups in total. The smallest absolute Gasteiger partial charge is 0.387 e. The molecule has 0 unspecified atom stereocenters. The Morgan fingerprint density at radius 3 is 2.65 bits per heavy atom. The third kappa shape index (κ3) is 6.71. The van der Waals surface area contributed by atoms with Crippen molar-refractivity contribution >= 4 is 74.5 Å². The standard InChI is InChI=1S/C21H17F2IN2O3S2/c22-20(23)29-16-5-2-1-4-13(16)12-17-19(28)26(21(30)31-17)11-3-6-18(27)25-15-9-7-14(24)8-10-15/h1-2,4-5,7-10,12,20H,3,6,11H2,(H,25,27). The van der Waals surface area contributed by atoms with Crippen molar-refractivity contribution in [3.8, 4) is 5.75 Å². The van der Waals surface area contributed by atoms with Gasteiger partial charge in [0.25, 0.3) is 5.91 Å². The molecular weight excluding hydrogens is 557 g/mol. The highest BCUT2D eigenvalue weighted by molar-refractivity contribution is 14.1. The minimum atomic E-state index is -2.96. The van der Waals surface area contributed by atoms with Crippen molar-refractivity contribution in [2.45, 2.75) is 19.5 Å². The number of anilines is 1. The largest absolute Gasteiger partial charge is 0.434 e. The van der Waals surface area contributed by atoms with Crippen LogP contribution in [0.5, 0.6) is 5.75 Å². The maximum absolute atomic E-state index is 12.7. The van der Waals surface area contributed by atoms with Crippen LogP contribution in [0.25, 0.3) is 6.08 Å². The minimum Gasteiger partial charge on any atom is -0.434 e. The number of carbonyl (C=O) groups is 2. The van der Waals surface area contributed by atoms with Crippen LogP contribution in [-0.4, -0.2) is 34.2 Å². The van der Waals surface area contributed by atoms with E-state index in [0.717, 1.165) is 15.3 Å². The topological polar surface area (TPSA) is 58.6 Å². The van der Waals surface area contributed by atoms with Crippen molar-refractivity contribution in [3.05, 3.63) is 62.6 Å². The fourth-order valence-corrected chi connectivity index (χ4v) is 4.45. The minimum absolute atomic E-state index is 0.0185. The van der Waals surface area contributed by atoms with Crippen LogP contribution in [0.15, 0.2) is 53.4 Å². The SMILES string of the molecule is O=C(CCCN1C(=O)C(=Cc2ccccc2OC(F)F)SC1=S)Nc1ccc(I)cc1. The Balaban J connectivity index is 1.57. The number of halogens is 3. The van der Waals surface area contributed by atoms with Crippen molar-refractivity contribution in [2.24, 2.45) is 0 Å². The van der Waals surface area contributed by atoms with Gasteiger partial charge in [-0.2, -0.15) is 8.78 Å². The molecule has 0 radical (unpaired) electrons. The summed E-state index contributed by atoms with van der Waals surface area (Å²) >= 11 is 8.56. The molecule has 1 fully saturated rings. The number of carbonyl (C=O) groups excluding carboxylic acids is 2. The van der Waals surface area contributed by atoms with E-state index in [-0.39, 0.29) is 30.5 Å². The van der Waals surface area contributed by atoms with Crippen molar-refractivity contribution < 1.29 is 23.1 Å². The molecule has 2 aromatic rings. The van der Waals surface area contributed by atoms with Crippen molar-refractivity contribution in [3.63, 3.8) is 0 Å². The quantitative estimate of drug-likeness (QED) is 0.256. The van der Waals surface area contributed by atoms with E-state index in [4.69, 9.17) is 12.2 Å². The molecule has 31 heavy (non-hydrogen) atoms. The average molecular weight is 574 g/mol. The van der Waals surface area contributed by atoms with E-state index in [1.807, 2.05) is 24.3 Å². The van der Waals surface area contributed by atoms with Gasteiger partial charge in [-0.3, -0.25) is 14.5 Å². The molecule has 0 aliphatic carbocycles. The van der Waals surface area contributed by atoms with E-state index < -0.39 is 6.61 Å². The van der Waals surface area contributed by atoms with Gasteiger partial charge in [-0.1, -0.05) is 42.2 Å². The van der Waals surface area contributed by atoms with Gasteiger partial charge in [0.15, 0.2) is 0 Å². The normalized spacial score (nSPS) is 15.1. The Kier molecular flexibility index (Phi) is 8.38. The highest BCUT2D eigenvalue weighted by Gasteiger charge is 2.32. The summed E-state index contributed by atoms with van der Waals surface area (Å²) in [4.78, 5) is 26.6. The van der Waals surface area contributed by atoms with Crippen LogP contribution in [0, 0.1) is 3.57 Å². The second-order valence-electron chi connectivity index (χ2n) is 6.41. The zero-order chi connectivity index (χ0) is 22.4. The van der Waals surface area contributed by atoms with Crippen molar-refractivity contribution in [1.82, 2.24) is 4.90 Å². The highest BCUT2D eigenvalue weighted by Crippen LogP contribution is 2.34. The maximum Gasteiger partial charge on any atom is 0.387 e. The van der Waals surface area contributed by atoms with E-state index >= 15 is 0 Å². The number of hydrogen-bond donors (Lipinski definition) is 1. The lowest BCUT2D eigenvalue weighted by molar-refractivity contribution is -0.122. The average Bonchev–Trinajstić information content (AvgIpc) is 2.98. The highest BCUT2D eigenvalue weighted by atomic mass is 127. The summed E-state index contributed by atoms with van der Waals surface area (Å²) in [6.07, 6.45) is 2.15. The first-order valence-corrected chi connectivity index (χ1v) is 11.5. The first-order valence-electron chi connectivity index (χ1n) is 9.18. The lowest BCUT2D eigenvalue weighted by atomic mass is 10.2. The van der Waals surface area contributed by atoms with Gasteiger partial charge in [0, 0.05) is 27.8 Å². The lowest BCUT2D eigenvalue weighted by Crippen LogP contribution is -2.29. The van der Waals surface area contributed by atoms with Crippen LogP contribution in [0.3, 0.4) is 0 Å². The molecular formula is C21H17F2IN2O3S2. The van der Waals surface area contributed by atoms with Crippen LogP contribution in [0.4, 0.5) is 14.5 Å². The number of ether oxygens (including phenoxy) is 1. The Morgan fingerprint density at radius 2 is 1.94 bits per heavy atom. The number of alkyl halides is 2. The van der Waals surface area contributed by atoms with Crippen LogP contribution in [-0.2, 0) is 9.59 Å². The number of nitrogens with one attached hydrogen (secondary N) is 1. The molecule has 2 aromatic carbocycles. The van der Waals surface area contributed by atoms with E-state index in [9.17, 15) is 18.4 Å². The summed E-state index contributed by atoms with van der Waals surface area (Å²) in [5.41, 5.74) is 1.07.